The molecule has 0 atom stereocenters. The van der Waals surface area contributed by atoms with Crippen LogP contribution in [0.4, 0.5) is 5.69 Å². The molecule has 2 aromatic heterocycles. The van der Waals surface area contributed by atoms with E-state index in [0.29, 0.717) is 5.69 Å². The topological polar surface area (TPSA) is 101 Å². The molecule has 0 saturated heterocycles. The number of amides is 1. The number of aromatic nitrogens is 2. The van der Waals surface area contributed by atoms with Crippen molar-refractivity contribution in [2.75, 3.05) is 19.1 Å². The molecule has 0 aliphatic carbocycles. The van der Waals surface area contributed by atoms with Gasteiger partial charge in [0.15, 0.2) is 0 Å². The van der Waals surface area contributed by atoms with E-state index in [1.54, 1.807) is 31.3 Å². The first-order valence-corrected chi connectivity index (χ1v) is 10.6. The molecule has 4 aromatic rings. The lowest BCUT2D eigenvalue weighted by Gasteiger charge is -2.18. The van der Waals surface area contributed by atoms with E-state index < -0.39 is 17.2 Å². The number of fused-ring (bicyclic) bond motifs is 1. The average Bonchev–Trinajstić information content (AvgIpc) is 3.23. The van der Waals surface area contributed by atoms with Crippen molar-refractivity contribution < 1.29 is 14.3 Å². The lowest BCUT2D eigenvalue weighted by molar-refractivity contribution is 0.0608. The summed E-state index contributed by atoms with van der Waals surface area (Å²) < 4.78 is 5.54. The van der Waals surface area contributed by atoms with Crippen molar-refractivity contribution in [2.24, 2.45) is 0 Å². The molecule has 0 radical (unpaired) electrons. The first-order valence-electron chi connectivity index (χ1n) is 9.31. The maximum absolute atomic E-state index is 13.2. The van der Waals surface area contributed by atoms with E-state index >= 15 is 0 Å². The molecule has 2 heterocycles. The molecular formula is C22H16ClN3O5S. The number of carbonyl (C=O) groups is 2. The Hall–Kier alpha value is -3.69. The van der Waals surface area contributed by atoms with Crippen molar-refractivity contribution in [2.45, 2.75) is 0 Å². The predicted octanol–water partition coefficient (Wildman–Crippen LogP) is 3.46. The molecule has 0 unspecified atom stereocenters. The van der Waals surface area contributed by atoms with Gasteiger partial charge in [-0.3, -0.25) is 9.59 Å². The normalized spacial score (nSPS) is 10.8. The zero-order valence-corrected chi connectivity index (χ0v) is 18.5. The maximum Gasteiger partial charge on any atom is 0.348 e. The van der Waals surface area contributed by atoms with Gasteiger partial charge in [-0.2, -0.15) is 0 Å². The summed E-state index contributed by atoms with van der Waals surface area (Å²) in [4.78, 5) is 55.1. The molecule has 8 nitrogen and oxygen atoms in total. The number of aromatic amines is 1. The van der Waals surface area contributed by atoms with Crippen LogP contribution in [0.3, 0.4) is 0 Å². The Bertz CT molecular complexity index is 1470. The zero-order chi connectivity index (χ0) is 23.0. The number of carbonyl (C=O) groups excluding carboxylic acids is 2. The van der Waals surface area contributed by atoms with Crippen LogP contribution < -0.4 is 16.1 Å². The number of esters is 1. The van der Waals surface area contributed by atoms with E-state index in [9.17, 15) is 19.2 Å². The van der Waals surface area contributed by atoms with Gasteiger partial charge in [-0.1, -0.05) is 29.8 Å². The van der Waals surface area contributed by atoms with E-state index in [1.165, 1.54) is 35.6 Å². The number of thiophene rings is 1. The predicted molar refractivity (Wildman–Crippen MR) is 124 cm³/mol. The number of anilines is 1. The molecule has 1 amide bonds. The third-order valence-electron chi connectivity index (χ3n) is 4.91. The Kier molecular flexibility index (Phi) is 5.68. The van der Waals surface area contributed by atoms with Crippen LogP contribution >= 0.6 is 22.9 Å². The fourth-order valence-corrected chi connectivity index (χ4v) is 4.39. The number of methoxy groups -OCH3 is 1. The minimum atomic E-state index is -0.750. The van der Waals surface area contributed by atoms with E-state index in [0.717, 1.165) is 15.9 Å². The SMILES string of the molecule is COC(=O)c1scc2[nH]c(=O)n(-c3cc(C(=O)N(C)c4ccccc4)ccc3Cl)c(=O)c12. The highest BCUT2D eigenvalue weighted by atomic mass is 35.5. The van der Waals surface area contributed by atoms with E-state index in [2.05, 4.69) is 4.98 Å². The van der Waals surface area contributed by atoms with Crippen LogP contribution in [0.5, 0.6) is 0 Å². The molecule has 0 fully saturated rings. The Labute approximate surface area is 190 Å². The van der Waals surface area contributed by atoms with Gasteiger partial charge in [-0.15, -0.1) is 11.3 Å². The second kappa shape index (κ2) is 8.45. The van der Waals surface area contributed by atoms with Crippen molar-refractivity contribution in [3.05, 3.63) is 90.2 Å². The van der Waals surface area contributed by atoms with E-state index in [4.69, 9.17) is 16.3 Å². The van der Waals surface area contributed by atoms with Gasteiger partial charge in [0.25, 0.3) is 11.5 Å². The van der Waals surface area contributed by atoms with Gasteiger partial charge in [-0.25, -0.2) is 14.2 Å². The van der Waals surface area contributed by atoms with E-state index in [-0.39, 0.29) is 38.0 Å². The summed E-state index contributed by atoms with van der Waals surface area (Å²) >= 11 is 7.29. The van der Waals surface area contributed by atoms with Gasteiger partial charge in [0.1, 0.15) is 4.88 Å². The molecule has 4 rings (SSSR count). The quantitative estimate of drug-likeness (QED) is 0.461. The Morgan fingerprint density at radius 3 is 2.53 bits per heavy atom. The molecule has 0 aliphatic rings. The first-order chi connectivity index (χ1) is 15.3. The number of H-pyrrole nitrogens is 1. The number of nitrogens with zero attached hydrogens (tertiary/aromatic N) is 2. The van der Waals surface area contributed by atoms with Crippen LogP contribution in [-0.2, 0) is 4.74 Å². The third kappa shape index (κ3) is 3.61. The van der Waals surface area contributed by atoms with Crippen molar-refractivity contribution in [1.82, 2.24) is 9.55 Å². The van der Waals surface area contributed by atoms with Crippen molar-refractivity contribution >= 4 is 51.4 Å². The van der Waals surface area contributed by atoms with Crippen molar-refractivity contribution in [3.8, 4) is 5.69 Å². The highest BCUT2D eigenvalue weighted by molar-refractivity contribution is 7.13. The highest BCUT2D eigenvalue weighted by Crippen LogP contribution is 2.25. The molecule has 10 heteroatoms. The number of hydrogen-bond donors (Lipinski definition) is 1. The van der Waals surface area contributed by atoms with Crippen molar-refractivity contribution in [3.63, 3.8) is 0 Å². The average molecular weight is 470 g/mol. The molecule has 1 N–H and O–H groups in total. The molecule has 0 saturated carbocycles. The van der Waals surface area contributed by atoms with E-state index in [1.807, 2.05) is 6.07 Å². The second-order valence-electron chi connectivity index (χ2n) is 6.78. The van der Waals surface area contributed by atoms with Crippen LogP contribution in [0, 0.1) is 0 Å². The fourth-order valence-electron chi connectivity index (χ4n) is 3.28. The monoisotopic (exact) mass is 469 g/mol. The summed E-state index contributed by atoms with van der Waals surface area (Å²) in [6, 6.07) is 13.3. The molecular weight excluding hydrogens is 454 g/mol. The Balaban J connectivity index is 1.88. The highest BCUT2D eigenvalue weighted by Gasteiger charge is 2.22. The molecule has 0 spiro atoms. The Morgan fingerprint density at radius 1 is 1.12 bits per heavy atom. The van der Waals surface area contributed by atoms with Crippen molar-refractivity contribution in [1.29, 1.82) is 0 Å². The number of halogens is 1. The minimum absolute atomic E-state index is 0.00986. The number of hydrogen-bond acceptors (Lipinski definition) is 6. The third-order valence-corrected chi connectivity index (χ3v) is 6.19. The number of nitrogens with one attached hydrogen (secondary N) is 1. The van der Waals surface area contributed by atoms with Gasteiger partial charge in [0.05, 0.1) is 28.7 Å². The lowest BCUT2D eigenvalue weighted by Crippen LogP contribution is -2.34. The summed E-state index contributed by atoms with van der Waals surface area (Å²) in [7, 11) is 2.82. The van der Waals surface area contributed by atoms with Gasteiger partial charge in [0.2, 0.25) is 0 Å². The lowest BCUT2D eigenvalue weighted by atomic mass is 10.1. The molecule has 32 heavy (non-hydrogen) atoms. The summed E-state index contributed by atoms with van der Waals surface area (Å²) in [6.07, 6.45) is 0. The number of rotatable bonds is 4. The maximum atomic E-state index is 13.2. The molecule has 2 aromatic carbocycles. The molecule has 162 valence electrons. The summed E-state index contributed by atoms with van der Waals surface area (Å²) in [5.41, 5.74) is -0.358. The Morgan fingerprint density at radius 2 is 1.84 bits per heavy atom. The largest absolute Gasteiger partial charge is 0.465 e. The molecule has 0 aliphatic heterocycles. The van der Waals surface area contributed by atoms with Crippen LogP contribution in [0.25, 0.3) is 16.6 Å². The van der Waals surface area contributed by atoms with Gasteiger partial charge in [0, 0.05) is 23.7 Å². The molecule has 0 bridgehead atoms. The van der Waals surface area contributed by atoms with Crippen LogP contribution in [0.15, 0.2) is 63.5 Å². The van der Waals surface area contributed by atoms with Gasteiger partial charge >= 0.3 is 11.7 Å². The summed E-state index contributed by atoms with van der Waals surface area (Å²) in [5.74, 6) is -1.05. The number of benzene rings is 2. The van der Waals surface area contributed by atoms with Crippen LogP contribution in [0.2, 0.25) is 5.02 Å². The van der Waals surface area contributed by atoms with Gasteiger partial charge in [-0.05, 0) is 30.3 Å². The second-order valence-corrected chi connectivity index (χ2v) is 8.07. The van der Waals surface area contributed by atoms with Gasteiger partial charge < -0.3 is 14.6 Å². The first kappa shape index (κ1) is 21.5. The summed E-state index contributed by atoms with van der Waals surface area (Å²) in [5, 5.41) is 1.59. The van der Waals surface area contributed by atoms with Crippen LogP contribution in [0.1, 0.15) is 20.0 Å². The smallest absolute Gasteiger partial charge is 0.348 e. The van der Waals surface area contributed by atoms with Crippen LogP contribution in [-0.4, -0.2) is 35.6 Å². The minimum Gasteiger partial charge on any atom is -0.465 e. The standard InChI is InChI=1S/C22H16ClN3O5S/c1-25(13-6-4-3-5-7-13)19(27)12-8-9-14(23)16(10-12)26-20(28)17-15(24-22(26)30)11-32-18(17)21(29)31-2/h3-11H,1-2H3,(H,24,30). The summed E-state index contributed by atoms with van der Waals surface area (Å²) in [6.45, 7) is 0. The number of para-hydroxylation sites is 1. The zero-order valence-electron chi connectivity index (χ0n) is 16.9. The number of ether oxygens (including phenoxy) is 1. The fraction of sp³-hybridized carbons (Fsp3) is 0.0909.